The van der Waals surface area contributed by atoms with E-state index < -0.39 is 17.3 Å². The van der Waals surface area contributed by atoms with Gasteiger partial charge in [-0.2, -0.15) is 0 Å². The maximum absolute atomic E-state index is 10.4. The van der Waals surface area contributed by atoms with Crippen molar-refractivity contribution in [3.8, 4) is 0 Å². The van der Waals surface area contributed by atoms with E-state index in [1.807, 2.05) is 0 Å². The zero-order chi connectivity index (χ0) is 9.50. The van der Waals surface area contributed by atoms with Crippen LogP contribution in [-0.2, 0) is 9.13 Å². The van der Waals surface area contributed by atoms with Crippen LogP contribution < -0.4 is 9.79 Å². The van der Waals surface area contributed by atoms with E-state index in [2.05, 4.69) is 22.5 Å². The van der Waals surface area contributed by atoms with E-state index in [0.29, 0.717) is 0 Å². The minimum Gasteiger partial charge on any atom is -0.785 e. The van der Waals surface area contributed by atoms with Crippen LogP contribution in [0.2, 0.25) is 0 Å². The summed E-state index contributed by atoms with van der Waals surface area (Å²) in [7, 11) is 0. The summed E-state index contributed by atoms with van der Waals surface area (Å²) in [4.78, 5) is 20.7. The molecule has 0 aliphatic carbocycles. The Labute approximate surface area is 81.9 Å². The van der Waals surface area contributed by atoms with Crippen molar-refractivity contribution in [1.82, 2.24) is 0 Å². The molecule has 0 aliphatic heterocycles. The van der Waals surface area contributed by atoms with E-state index in [0.717, 1.165) is 0 Å². The predicted octanol–water partition coefficient (Wildman–Crippen LogP) is 1.66. The highest BCUT2D eigenvalue weighted by molar-refractivity contribution is 8.03. The fourth-order valence-corrected chi connectivity index (χ4v) is 3.42. The van der Waals surface area contributed by atoms with Gasteiger partial charge in [-0.3, -0.25) is 0 Å². The number of hydrogen-bond donors (Lipinski definition) is 0. The first-order valence-corrected chi connectivity index (χ1v) is 7.71. The molecule has 0 rings (SSSR count). The lowest BCUT2D eigenvalue weighted by atomic mass is 11.8. The molecule has 0 saturated heterocycles. The number of hydrogen-bond acceptors (Lipinski definition) is 4. The second-order valence-electron chi connectivity index (χ2n) is 1.47. The third-order valence-electron chi connectivity index (χ3n) is 0.643. The Hall–Kier alpha value is 1.54. The van der Waals surface area contributed by atoms with Gasteiger partial charge in [-0.05, 0) is 0 Å². The summed E-state index contributed by atoms with van der Waals surface area (Å²) in [6, 6.07) is 0. The Kier molecular flexibility index (Phi) is 3.83. The van der Waals surface area contributed by atoms with Crippen molar-refractivity contribution in [2.45, 2.75) is 3.82 Å². The molecule has 2 atom stereocenters. The fraction of sp³-hybridized carbons (Fsp3) is 1.00. The van der Waals surface area contributed by atoms with Crippen LogP contribution in [0.3, 0.4) is 0 Å². The van der Waals surface area contributed by atoms with Gasteiger partial charge in [0.2, 0.25) is 3.82 Å². The van der Waals surface area contributed by atoms with Crippen molar-refractivity contribution in [1.29, 1.82) is 0 Å². The number of halogens is 4. The fourth-order valence-electron chi connectivity index (χ4n) is 0.143. The van der Waals surface area contributed by atoms with Crippen LogP contribution in [0.15, 0.2) is 0 Å². The van der Waals surface area contributed by atoms with E-state index in [4.69, 9.17) is 23.2 Å². The van der Waals surface area contributed by atoms with Gasteiger partial charge in [0.15, 0.2) is 0 Å². The van der Waals surface area contributed by atoms with Gasteiger partial charge < -0.3 is 18.9 Å². The van der Waals surface area contributed by atoms with Gasteiger partial charge in [-0.1, -0.05) is 45.7 Å². The van der Waals surface area contributed by atoms with Crippen molar-refractivity contribution in [3.63, 3.8) is 0 Å². The zero-order valence-corrected chi connectivity index (χ0v) is 9.35. The lowest BCUT2D eigenvalue weighted by molar-refractivity contribution is -0.178. The summed E-state index contributed by atoms with van der Waals surface area (Å²) in [5.41, 5.74) is 0. The maximum Gasteiger partial charge on any atom is 0.223 e. The van der Waals surface area contributed by atoms with Crippen LogP contribution in [0, 0.1) is 0 Å². The van der Waals surface area contributed by atoms with Gasteiger partial charge in [-0.15, -0.1) is 0 Å². The highest BCUT2D eigenvalue weighted by Crippen LogP contribution is 2.77. The molecule has 10 heteroatoms. The summed E-state index contributed by atoms with van der Waals surface area (Å²) < 4.78 is 17.6. The highest BCUT2D eigenvalue weighted by Gasteiger charge is 2.44. The van der Waals surface area contributed by atoms with Gasteiger partial charge in [0.05, 0.1) is 0 Å². The van der Waals surface area contributed by atoms with Crippen LogP contribution >= 0.6 is 59.1 Å². The van der Waals surface area contributed by atoms with Crippen LogP contribution in [-0.4, -0.2) is 3.82 Å². The normalized spacial score (nSPS) is 23.8. The first-order valence-electron chi connectivity index (χ1n) is 1.89. The topological polar surface area (TPSA) is 80.3 Å². The van der Waals surface area contributed by atoms with Gasteiger partial charge in [0.1, 0.15) is 13.4 Å². The SMILES string of the molecule is O=P([O-])(Cl)C(Cl)(Cl)P(=O)([O-])Cl. The smallest absolute Gasteiger partial charge is 0.223 e. The van der Waals surface area contributed by atoms with Crippen LogP contribution in [0.5, 0.6) is 0 Å². The van der Waals surface area contributed by atoms with Gasteiger partial charge in [0.25, 0.3) is 0 Å². The van der Waals surface area contributed by atoms with E-state index in [1.165, 1.54) is 0 Å². The van der Waals surface area contributed by atoms with Crippen LogP contribution in [0.25, 0.3) is 0 Å². The molecular weight excluding hydrogens is 280 g/mol. The Morgan fingerprint density at radius 3 is 1.18 bits per heavy atom. The van der Waals surface area contributed by atoms with E-state index in [-0.39, 0.29) is 0 Å². The molecule has 0 fully saturated rings. The monoisotopic (exact) mass is 278 g/mol. The molecule has 0 saturated carbocycles. The van der Waals surface area contributed by atoms with Crippen molar-refractivity contribution >= 4 is 59.1 Å². The van der Waals surface area contributed by atoms with Gasteiger partial charge >= 0.3 is 0 Å². The van der Waals surface area contributed by atoms with Gasteiger partial charge in [-0.25, -0.2) is 0 Å². The van der Waals surface area contributed by atoms with Crippen molar-refractivity contribution in [3.05, 3.63) is 0 Å². The standard InChI is InChI=1S/CH2Cl4O4P2/c2-1(3,10(4,6)7)11(5,8)9/h(H,6,7)(H,8,9)/p-2. The Morgan fingerprint density at radius 2 is 1.18 bits per heavy atom. The number of alkyl halides is 2. The van der Waals surface area contributed by atoms with Crippen molar-refractivity contribution in [2.75, 3.05) is 0 Å². The third kappa shape index (κ3) is 2.75. The molecule has 0 bridgehead atoms. The molecule has 0 spiro atoms. The zero-order valence-electron chi connectivity index (χ0n) is 4.54. The van der Waals surface area contributed by atoms with E-state index in [9.17, 15) is 18.9 Å². The van der Waals surface area contributed by atoms with Crippen LogP contribution in [0.1, 0.15) is 0 Å². The third-order valence-corrected chi connectivity index (χ3v) is 9.44. The Bertz CT molecular complexity index is 212. The minimum atomic E-state index is -4.94. The molecule has 0 aromatic rings. The quantitative estimate of drug-likeness (QED) is 0.569. The Balaban J connectivity index is 5.08. The second kappa shape index (κ2) is 3.36. The lowest BCUT2D eigenvalue weighted by Crippen LogP contribution is -2.21. The summed E-state index contributed by atoms with van der Waals surface area (Å²) in [5, 5.41) is 0. The molecule has 11 heavy (non-hydrogen) atoms. The molecule has 0 aromatic heterocycles. The number of rotatable bonds is 2. The summed E-state index contributed by atoms with van der Waals surface area (Å²) >= 11 is 18.9. The van der Waals surface area contributed by atoms with Crippen molar-refractivity contribution in [2.24, 2.45) is 0 Å². The molecule has 2 unspecified atom stereocenters. The average Bonchev–Trinajstić information content (AvgIpc) is 1.58. The minimum absolute atomic E-state index is 3.15. The first kappa shape index (κ1) is 12.5. The van der Waals surface area contributed by atoms with Gasteiger partial charge in [0, 0.05) is 0 Å². The summed E-state index contributed by atoms with van der Waals surface area (Å²) in [5.74, 6) is 0. The molecule has 4 nitrogen and oxygen atoms in total. The van der Waals surface area contributed by atoms with E-state index in [1.54, 1.807) is 0 Å². The van der Waals surface area contributed by atoms with E-state index >= 15 is 0 Å². The molecule has 0 heterocycles. The molecule has 0 aliphatic rings. The molecule has 0 amide bonds. The largest absolute Gasteiger partial charge is 0.785 e. The predicted molar refractivity (Wildman–Crippen MR) is 41.4 cm³/mol. The van der Waals surface area contributed by atoms with Crippen LogP contribution in [0.4, 0.5) is 0 Å². The molecule has 0 aromatic carbocycles. The Morgan fingerprint density at radius 1 is 1.00 bits per heavy atom. The summed E-state index contributed by atoms with van der Waals surface area (Å²) in [6.45, 7) is -9.89. The molecule has 68 valence electrons. The molecular formula is CCl4O4P2-2. The molecule has 0 radical (unpaired) electrons. The van der Waals surface area contributed by atoms with Crippen molar-refractivity contribution < 1.29 is 18.9 Å². The first-order chi connectivity index (χ1) is 4.50. The molecule has 0 N–H and O–H groups in total. The maximum atomic E-state index is 10.4. The lowest BCUT2D eigenvalue weighted by Gasteiger charge is -2.35. The average molecular weight is 280 g/mol. The second-order valence-corrected chi connectivity index (χ2v) is 10.1. The summed E-state index contributed by atoms with van der Waals surface area (Å²) in [6.07, 6.45) is 0. The highest BCUT2D eigenvalue weighted by atomic mass is 35.7.